The van der Waals surface area contributed by atoms with Crippen LogP contribution in [0, 0.1) is 5.92 Å². The number of hydrogen-bond acceptors (Lipinski definition) is 2. The Kier molecular flexibility index (Phi) is 3.73. The molecule has 1 aromatic rings. The highest BCUT2D eigenvalue weighted by Crippen LogP contribution is 2.23. The van der Waals surface area contributed by atoms with Gasteiger partial charge in [-0.15, -0.1) is 0 Å². The molecule has 0 spiro atoms. The molecule has 2 rings (SSSR count). The first-order chi connectivity index (χ1) is 7.36. The van der Waals surface area contributed by atoms with E-state index in [1.54, 1.807) is 0 Å². The number of aromatic nitrogens is 1. The molecule has 2 nitrogen and oxygen atoms in total. The van der Waals surface area contributed by atoms with Gasteiger partial charge in [-0.2, -0.15) is 0 Å². The summed E-state index contributed by atoms with van der Waals surface area (Å²) in [6.45, 7) is 3.32. The summed E-state index contributed by atoms with van der Waals surface area (Å²) in [5.74, 6) is 0.829. The topological polar surface area (TPSA) is 24.9 Å². The van der Waals surface area contributed by atoms with Crippen molar-refractivity contribution < 1.29 is 0 Å². The lowest BCUT2D eigenvalue weighted by Gasteiger charge is -2.29. The van der Waals surface area contributed by atoms with Crippen LogP contribution in [0.2, 0.25) is 0 Å². The summed E-state index contributed by atoms with van der Waals surface area (Å²) in [7, 11) is 0. The summed E-state index contributed by atoms with van der Waals surface area (Å²) in [5.41, 5.74) is 1.29. The van der Waals surface area contributed by atoms with Gasteiger partial charge in [-0.25, -0.2) is 0 Å². The quantitative estimate of drug-likeness (QED) is 0.819. The first kappa shape index (κ1) is 10.6. The smallest absolute Gasteiger partial charge is 0.0312 e. The van der Waals surface area contributed by atoms with Gasteiger partial charge < -0.3 is 5.32 Å². The zero-order chi connectivity index (χ0) is 10.5. The van der Waals surface area contributed by atoms with Crippen LogP contribution in [-0.4, -0.2) is 11.0 Å². The molecule has 0 aliphatic heterocycles. The third-order valence-electron chi connectivity index (χ3n) is 3.40. The fourth-order valence-electron chi connectivity index (χ4n) is 2.37. The predicted octanol–water partition coefficient (Wildman–Crippen LogP) is 2.75. The van der Waals surface area contributed by atoms with Crippen molar-refractivity contribution in [3.8, 4) is 0 Å². The molecular formula is C13H20N2. The van der Waals surface area contributed by atoms with Gasteiger partial charge in [0.2, 0.25) is 0 Å². The molecule has 15 heavy (non-hydrogen) atoms. The average molecular weight is 204 g/mol. The SMILES string of the molecule is C[C@@H]1CCCC[C@H]1NCc1cccnc1. The Bertz CT molecular complexity index is 284. The Balaban J connectivity index is 1.82. The molecule has 1 aromatic heterocycles. The maximum Gasteiger partial charge on any atom is 0.0312 e. The van der Waals surface area contributed by atoms with Crippen molar-refractivity contribution in [2.24, 2.45) is 5.92 Å². The molecule has 0 amide bonds. The minimum atomic E-state index is 0.707. The fourth-order valence-corrected chi connectivity index (χ4v) is 2.37. The number of nitrogens with one attached hydrogen (secondary N) is 1. The van der Waals surface area contributed by atoms with E-state index in [9.17, 15) is 0 Å². The maximum atomic E-state index is 4.13. The highest BCUT2D eigenvalue weighted by atomic mass is 14.9. The molecule has 0 unspecified atom stereocenters. The molecule has 2 heteroatoms. The fraction of sp³-hybridized carbons (Fsp3) is 0.615. The second-order valence-electron chi connectivity index (χ2n) is 4.61. The average Bonchev–Trinajstić information content (AvgIpc) is 2.29. The number of pyridine rings is 1. The van der Waals surface area contributed by atoms with Gasteiger partial charge in [-0.1, -0.05) is 25.8 Å². The van der Waals surface area contributed by atoms with E-state index in [1.165, 1.54) is 31.2 Å². The van der Waals surface area contributed by atoms with Gasteiger partial charge in [0, 0.05) is 25.0 Å². The second-order valence-corrected chi connectivity index (χ2v) is 4.61. The van der Waals surface area contributed by atoms with E-state index in [0.717, 1.165) is 12.5 Å². The lowest BCUT2D eigenvalue weighted by molar-refractivity contribution is 0.279. The van der Waals surface area contributed by atoms with Crippen LogP contribution in [0.15, 0.2) is 24.5 Å². The van der Waals surface area contributed by atoms with Gasteiger partial charge in [0.15, 0.2) is 0 Å². The highest BCUT2D eigenvalue weighted by Gasteiger charge is 2.20. The summed E-state index contributed by atoms with van der Waals surface area (Å²) in [6, 6.07) is 4.84. The van der Waals surface area contributed by atoms with Crippen LogP contribution in [-0.2, 0) is 6.54 Å². The minimum absolute atomic E-state index is 0.707. The molecule has 2 atom stereocenters. The Morgan fingerprint density at radius 3 is 3.00 bits per heavy atom. The normalized spacial score (nSPS) is 26.5. The van der Waals surface area contributed by atoms with E-state index in [-0.39, 0.29) is 0 Å². The van der Waals surface area contributed by atoms with Gasteiger partial charge in [-0.05, 0) is 30.4 Å². The molecule has 0 bridgehead atoms. The van der Waals surface area contributed by atoms with Crippen LogP contribution in [0.3, 0.4) is 0 Å². The molecule has 1 aliphatic carbocycles. The van der Waals surface area contributed by atoms with Crippen LogP contribution < -0.4 is 5.32 Å². The molecular weight excluding hydrogens is 184 g/mol. The largest absolute Gasteiger partial charge is 0.310 e. The lowest BCUT2D eigenvalue weighted by atomic mass is 9.86. The van der Waals surface area contributed by atoms with Crippen LogP contribution in [0.4, 0.5) is 0 Å². The van der Waals surface area contributed by atoms with Crippen molar-refractivity contribution >= 4 is 0 Å². The predicted molar refractivity (Wildman–Crippen MR) is 62.5 cm³/mol. The molecule has 1 aliphatic rings. The molecule has 0 radical (unpaired) electrons. The molecule has 1 fully saturated rings. The van der Waals surface area contributed by atoms with Crippen LogP contribution in [0.25, 0.3) is 0 Å². The van der Waals surface area contributed by atoms with Gasteiger partial charge in [0.05, 0.1) is 0 Å². The first-order valence-electron chi connectivity index (χ1n) is 5.98. The summed E-state index contributed by atoms with van der Waals surface area (Å²) in [4.78, 5) is 4.13. The van der Waals surface area contributed by atoms with E-state index in [4.69, 9.17) is 0 Å². The Morgan fingerprint density at radius 2 is 2.27 bits per heavy atom. The minimum Gasteiger partial charge on any atom is -0.310 e. The van der Waals surface area contributed by atoms with E-state index in [0.29, 0.717) is 6.04 Å². The number of hydrogen-bond donors (Lipinski definition) is 1. The second kappa shape index (κ2) is 5.26. The van der Waals surface area contributed by atoms with E-state index in [1.807, 2.05) is 18.5 Å². The lowest BCUT2D eigenvalue weighted by Crippen LogP contribution is -2.36. The monoisotopic (exact) mass is 204 g/mol. The van der Waals surface area contributed by atoms with Gasteiger partial charge in [0.25, 0.3) is 0 Å². The summed E-state index contributed by atoms with van der Waals surface area (Å²) in [5, 5.41) is 3.65. The van der Waals surface area contributed by atoms with Gasteiger partial charge >= 0.3 is 0 Å². The molecule has 1 heterocycles. The third kappa shape index (κ3) is 3.03. The summed E-state index contributed by atoms with van der Waals surface area (Å²) >= 11 is 0. The number of rotatable bonds is 3. The van der Waals surface area contributed by atoms with Crippen LogP contribution >= 0.6 is 0 Å². The molecule has 82 valence electrons. The van der Waals surface area contributed by atoms with Crippen LogP contribution in [0.5, 0.6) is 0 Å². The maximum absolute atomic E-state index is 4.13. The zero-order valence-electron chi connectivity index (χ0n) is 9.45. The highest BCUT2D eigenvalue weighted by molar-refractivity contribution is 5.08. The van der Waals surface area contributed by atoms with Gasteiger partial charge in [-0.3, -0.25) is 4.98 Å². The van der Waals surface area contributed by atoms with Gasteiger partial charge in [0.1, 0.15) is 0 Å². The van der Waals surface area contributed by atoms with E-state index in [2.05, 4.69) is 23.3 Å². The van der Waals surface area contributed by atoms with Crippen molar-refractivity contribution in [3.05, 3.63) is 30.1 Å². The Labute approximate surface area is 92.1 Å². The molecule has 1 saturated carbocycles. The first-order valence-corrected chi connectivity index (χ1v) is 5.98. The molecule has 0 aromatic carbocycles. The Hall–Kier alpha value is -0.890. The standard InChI is InChI=1S/C13H20N2/c1-11-5-2-3-7-13(11)15-10-12-6-4-8-14-9-12/h4,6,8-9,11,13,15H,2-3,5,7,10H2,1H3/t11-,13-/m1/s1. The Morgan fingerprint density at radius 1 is 1.40 bits per heavy atom. The van der Waals surface area contributed by atoms with Crippen molar-refractivity contribution in [2.45, 2.75) is 45.2 Å². The molecule has 0 saturated heterocycles. The van der Waals surface area contributed by atoms with E-state index >= 15 is 0 Å². The van der Waals surface area contributed by atoms with Crippen molar-refractivity contribution in [3.63, 3.8) is 0 Å². The third-order valence-corrected chi connectivity index (χ3v) is 3.40. The van der Waals surface area contributed by atoms with Crippen LogP contribution in [0.1, 0.15) is 38.2 Å². The summed E-state index contributed by atoms with van der Waals surface area (Å²) in [6.07, 6.45) is 9.28. The van der Waals surface area contributed by atoms with E-state index < -0.39 is 0 Å². The molecule has 1 N–H and O–H groups in total. The van der Waals surface area contributed by atoms with Crippen molar-refractivity contribution in [2.75, 3.05) is 0 Å². The zero-order valence-corrected chi connectivity index (χ0v) is 9.45. The summed E-state index contributed by atoms with van der Waals surface area (Å²) < 4.78 is 0. The number of nitrogens with zero attached hydrogens (tertiary/aromatic N) is 1. The van der Waals surface area contributed by atoms with Crippen molar-refractivity contribution in [1.29, 1.82) is 0 Å². The van der Waals surface area contributed by atoms with Crippen molar-refractivity contribution in [1.82, 2.24) is 10.3 Å².